The molecule has 2 unspecified atom stereocenters. The number of rotatable bonds is 2. The van der Waals surface area contributed by atoms with Crippen LogP contribution in [0.4, 0.5) is 4.39 Å². The Morgan fingerprint density at radius 2 is 1.95 bits per heavy atom. The lowest BCUT2D eigenvalue weighted by Crippen LogP contribution is -2.58. The molecule has 0 aromatic heterocycles. The Bertz CT molecular complexity index is 471. The molecule has 2 aliphatic carbocycles. The predicted molar refractivity (Wildman–Crippen MR) is 75.6 cm³/mol. The molecule has 0 saturated heterocycles. The molecule has 0 N–H and O–H groups in total. The van der Waals surface area contributed by atoms with Gasteiger partial charge in [0, 0.05) is 17.2 Å². The van der Waals surface area contributed by atoms with Gasteiger partial charge in [0.15, 0.2) is 0 Å². The molecule has 1 aromatic carbocycles. The van der Waals surface area contributed by atoms with Gasteiger partial charge in [-0.25, -0.2) is 4.39 Å². The smallest absolute Gasteiger partial charge is 0.138 e. The maximum absolute atomic E-state index is 13.0. The Kier molecular flexibility index (Phi) is 3.65. The highest BCUT2D eigenvalue weighted by Crippen LogP contribution is 2.56. The normalized spacial score (nSPS) is 29.0. The molecule has 1 spiro atoms. The van der Waals surface area contributed by atoms with Gasteiger partial charge in [-0.1, -0.05) is 30.9 Å². The first-order valence-corrected chi connectivity index (χ1v) is 7.69. The van der Waals surface area contributed by atoms with Crippen molar-refractivity contribution in [3.8, 4) is 5.75 Å². The van der Waals surface area contributed by atoms with Crippen molar-refractivity contribution in [2.75, 3.05) is 0 Å². The molecule has 19 heavy (non-hydrogen) atoms. The lowest BCUT2D eigenvalue weighted by atomic mass is 9.58. The van der Waals surface area contributed by atoms with Crippen molar-refractivity contribution in [1.29, 1.82) is 0 Å². The lowest BCUT2D eigenvalue weighted by Gasteiger charge is -2.55. The van der Waals surface area contributed by atoms with Crippen LogP contribution >= 0.6 is 23.2 Å². The fourth-order valence-corrected chi connectivity index (χ4v) is 4.17. The Hall–Kier alpha value is -0.470. The Labute approximate surface area is 123 Å². The van der Waals surface area contributed by atoms with E-state index in [1.165, 1.54) is 31.4 Å². The van der Waals surface area contributed by atoms with E-state index in [1.807, 2.05) is 0 Å². The van der Waals surface area contributed by atoms with Gasteiger partial charge in [0.1, 0.15) is 17.7 Å². The minimum absolute atomic E-state index is 0.109. The number of benzene rings is 1. The molecule has 1 aromatic rings. The first-order valence-electron chi connectivity index (χ1n) is 6.87. The van der Waals surface area contributed by atoms with Crippen LogP contribution in [0.2, 0.25) is 5.02 Å². The van der Waals surface area contributed by atoms with Crippen molar-refractivity contribution < 1.29 is 9.13 Å². The van der Waals surface area contributed by atoms with E-state index in [4.69, 9.17) is 27.9 Å². The van der Waals surface area contributed by atoms with Crippen molar-refractivity contribution in [2.45, 2.75) is 50.0 Å². The van der Waals surface area contributed by atoms with Crippen LogP contribution in [0.3, 0.4) is 0 Å². The Morgan fingerprint density at radius 3 is 2.58 bits per heavy atom. The van der Waals surface area contributed by atoms with E-state index in [-0.39, 0.29) is 22.7 Å². The highest BCUT2D eigenvalue weighted by Gasteiger charge is 2.55. The predicted octanol–water partition coefficient (Wildman–Crippen LogP) is 5.19. The largest absolute Gasteiger partial charge is 0.488 e. The quantitative estimate of drug-likeness (QED) is 0.683. The zero-order chi connectivity index (χ0) is 13.5. The maximum atomic E-state index is 13.0. The lowest BCUT2D eigenvalue weighted by molar-refractivity contribution is -0.0650. The average Bonchev–Trinajstić information content (AvgIpc) is 2.42. The van der Waals surface area contributed by atoms with Crippen LogP contribution in [-0.4, -0.2) is 11.5 Å². The molecule has 0 aliphatic heterocycles. The summed E-state index contributed by atoms with van der Waals surface area (Å²) in [5, 5.41) is 0.543. The molecule has 3 rings (SSSR count). The van der Waals surface area contributed by atoms with Crippen LogP contribution in [0.15, 0.2) is 18.2 Å². The molecule has 0 radical (unpaired) electrons. The fraction of sp³-hybridized carbons (Fsp3) is 0.600. The van der Waals surface area contributed by atoms with Gasteiger partial charge in [-0.2, -0.15) is 0 Å². The zero-order valence-electron chi connectivity index (χ0n) is 10.7. The van der Waals surface area contributed by atoms with Gasteiger partial charge in [-0.3, -0.25) is 0 Å². The monoisotopic (exact) mass is 302 g/mol. The third kappa shape index (κ3) is 2.34. The first kappa shape index (κ1) is 13.5. The van der Waals surface area contributed by atoms with Crippen molar-refractivity contribution in [3.05, 3.63) is 29.0 Å². The molecule has 0 bridgehead atoms. The SMILES string of the molecule is Fc1ccc(OC2CC(Cl)C23CCCCC3)c(Cl)c1. The van der Waals surface area contributed by atoms with Gasteiger partial charge < -0.3 is 4.74 Å². The summed E-state index contributed by atoms with van der Waals surface area (Å²) in [6.45, 7) is 0. The van der Waals surface area contributed by atoms with Gasteiger partial charge in [0.25, 0.3) is 0 Å². The highest BCUT2D eigenvalue weighted by atomic mass is 35.5. The number of ether oxygens (including phenoxy) is 1. The fourth-order valence-electron chi connectivity index (χ4n) is 3.43. The van der Waals surface area contributed by atoms with Crippen molar-refractivity contribution >= 4 is 23.2 Å². The van der Waals surface area contributed by atoms with Crippen LogP contribution in [-0.2, 0) is 0 Å². The van der Waals surface area contributed by atoms with Crippen LogP contribution in [0.25, 0.3) is 0 Å². The molecule has 0 amide bonds. The molecule has 2 saturated carbocycles. The molecule has 1 nitrogen and oxygen atoms in total. The average molecular weight is 303 g/mol. The molecule has 2 aliphatic rings. The molecular weight excluding hydrogens is 286 g/mol. The summed E-state index contributed by atoms with van der Waals surface area (Å²) in [5.74, 6) is 0.232. The molecule has 104 valence electrons. The summed E-state index contributed by atoms with van der Waals surface area (Å²) >= 11 is 12.5. The van der Waals surface area contributed by atoms with E-state index < -0.39 is 0 Å². The van der Waals surface area contributed by atoms with E-state index in [0.717, 1.165) is 19.3 Å². The minimum Gasteiger partial charge on any atom is -0.488 e. The van der Waals surface area contributed by atoms with Crippen LogP contribution < -0.4 is 4.74 Å². The van der Waals surface area contributed by atoms with Crippen LogP contribution in [0.1, 0.15) is 38.5 Å². The Morgan fingerprint density at radius 1 is 1.21 bits per heavy atom. The second kappa shape index (κ2) is 5.14. The first-order chi connectivity index (χ1) is 9.12. The number of hydrogen-bond donors (Lipinski definition) is 0. The zero-order valence-corrected chi connectivity index (χ0v) is 12.2. The summed E-state index contributed by atoms with van der Waals surface area (Å²) in [6, 6.07) is 4.28. The Balaban J connectivity index is 1.76. The van der Waals surface area contributed by atoms with Crippen molar-refractivity contribution in [2.24, 2.45) is 5.41 Å². The van der Waals surface area contributed by atoms with Gasteiger partial charge in [-0.05, 0) is 31.0 Å². The van der Waals surface area contributed by atoms with Crippen molar-refractivity contribution in [3.63, 3.8) is 0 Å². The summed E-state index contributed by atoms with van der Waals surface area (Å²) < 4.78 is 19.0. The number of halogens is 3. The summed E-state index contributed by atoms with van der Waals surface area (Å²) in [7, 11) is 0. The number of hydrogen-bond acceptors (Lipinski definition) is 1. The standard InChI is InChI=1S/C15H17Cl2FO/c16-11-8-10(18)4-5-12(11)19-14-9-13(17)15(14)6-2-1-3-7-15/h4-5,8,13-14H,1-3,6-7,9H2. The third-order valence-electron chi connectivity index (χ3n) is 4.63. The van der Waals surface area contributed by atoms with E-state index in [0.29, 0.717) is 10.8 Å². The van der Waals surface area contributed by atoms with Crippen LogP contribution in [0.5, 0.6) is 5.75 Å². The second-order valence-corrected chi connectivity index (χ2v) is 6.61. The molecular formula is C15H17Cl2FO. The van der Waals surface area contributed by atoms with Gasteiger partial charge >= 0.3 is 0 Å². The number of alkyl halides is 1. The highest BCUT2D eigenvalue weighted by molar-refractivity contribution is 6.32. The van der Waals surface area contributed by atoms with E-state index in [1.54, 1.807) is 6.07 Å². The third-order valence-corrected chi connectivity index (χ3v) is 5.54. The molecule has 2 atom stereocenters. The van der Waals surface area contributed by atoms with Crippen LogP contribution in [0, 0.1) is 11.2 Å². The molecule has 2 fully saturated rings. The van der Waals surface area contributed by atoms with E-state index in [2.05, 4.69) is 0 Å². The molecule has 0 heterocycles. The summed E-state index contributed by atoms with van der Waals surface area (Å²) in [6.07, 6.45) is 6.97. The second-order valence-electron chi connectivity index (χ2n) is 5.68. The molecule has 4 heteroatoms. The van der Waals surface area contributed by atoms with Gasteiger partial charge in [0.2, 0.25) is 0 Å². The topological polar surface area (TPSA) is 9.23 Å². The summed E-state index contributed by atoms with van der Waals surface area (Å²) in [5.41, 5.74) is 0.109. The van der Waals surface area contributed by atoms with E-state index >= 15 is 0 Å². The maximum Gasteiger partial charge on any atom is 0.138 e. The minimum atomic E-state index is -0.339. The van der Waals surface area contributed by atoms with Gasteiger partial charge in [0.05, 0.1) is 5.02 Å². The summed E-state index contributed by atoms with van der Waals surface area (Å²) in [4.78, 5) is 0. The van der Waals surface area contributed by atoms with Gasteiger partial charge in [-0.15, -0.1) is 11.6 Å². The van der Waals surface area contributed by atoms with Crippen molar-refractivity contribution in [1.82, 2.24) is 0 Å². The van der Waals surface area contributed by atoms with E-state index in [9.17, 15) is 4.39 Å².